The van der Waals surface area contributed by atoms with Crippen molar-refractivity contribution in [3.8, 4) is 0 Å². The molecule has 2 rings (SSSR count). The molecule has 110 valence electrons. The summed E-state index contributed by atoms with van der Waals surface area (Å²) < 4.78 is 26.8. The normalized spacial score (nSPS) is 17.0. The lowest BCUT2D eigenvalue weighted by Gasteiger charge is -2.32. The highest BCUT2D eigenvalue weighted by Crippen LogP contribution is 2.17. The molecule has 1 aliphatic rings. The van der Waals surface area contributed by atoms with Crippen LogP contribution in [0.3, 0.4) is 0 Å². The lowest BCUT2D eigenvalue weighted by Crippen LogP contribution is -2.45. The van der Waals surface area contributed by atoms with Gasteiger partial charge in [-0.1, -0.05) is 18.5 Å². The molecule has 0 aromatic heterocycles. The van der Waals surface area contributed by atoms with Gasteiger partial charge < -0.3 is 4.90 Å². The monoisotopic (exact) mass is 332 g/mol. The Morgan fingerprint density at radius 3 is 2.40 bits per heavy atom. The molecule has 0 atom stereocenters. The predicted molar refractivity (Wildman–Crippen MR) is 84.3 cm³/mol. The van der Waals surface area contributed by atoms with Crippen LogP contribution in [-0.2, 0) is 10.0 Å². The topological polar surface area (TPSA) is 49.4 Å². The van der Waals surface area contributed by atoms with Gasteiger partial charge in [-0.15, -0.1) is 0 Å². The summed E-state index contributed by atoms with van der Waals surface area (Å²) in [6.45, 7) is 3.78. The van der Waals surface area contributed by atoms with Crippen molar-refractivity contribution in [2.45, 2.75) is 24.7 Å². The maximum atomic E-state index is 12.2. The zero-order valence-corrected chi connectivity index (χ0v) is 13.6. The second kappa shape index (κ2) is 6.28. The number of piperidine rings is 1. The molecule has 0 unspecified atom stereocenters. The Labute approximate surface area is 130 Å². The van der Waals surface area contributed by atoms with Crippen LogP contribution in [0.5, 0.6) is 0 Å². The summed E-state index contributed by atoms with van der Waals surface area (Å²) in [4.78, 5) is 2.07. The number of likely N-dealkylation sites (tertiary alicyclic amines) is 1. The van der Waals surface area contributed by atoms with Gasteiger partial charge in [0.1, 0.15) is 0 Å². The van der Waals surface area contributed by atoms with E-state index >= 15 is 0 Å². The number of sulfonamides is 1. The predicted octanol–water partition coefficient (Wildman–Crippen LogP) is 2.64. The maximum Gasteiger partial charge on any atom is 0.263 e. The van der Waals surface area contributed by atoms with E-state index in [1.165, 1.54) is 12.1 Å². The molecule has 0 amide bonds. The van der Waals surface area contributed by atoms with Crippen molar-refractivity contribution >= 4 is 39.0 Å². The molecule has 0 saturated carbocycles. The van der Waals surface area contributed by atoms with E-state index < -0.39 is 10.0 Å². The van der Waals surface area contributed by atoms with Gasteiger partial charge in [-0.2, -0.15) is 0 Å². The van der Waals surface area contributed by atoms with Crippen LogP contribution in [0, 0.1) is 5.92 Å². The van der Waals surface area contributed by atoms with Crippen LogP contribution >= 0.6 is 23.8 Å². The number of nitrogens with one attached hydrogen (secondary N) is 1. The van der Waals surface area contributed by atoms with Crippen molar-refractivity contribution in [2.24, 2.45) is 5.92 Å². The summed E-state index contributed by atoms with van der Waals surface area (Å²) in [6, 6.07) is 6.01. The van der Waals surface area contributed by atoms with E-state index in [1.807, 2.05) is 4.90 Å². The first kappa shape index (κ1) is 15.5. The van der Waals surface area contributed by atoms with Crippen LogP contribution in [0.15, 0.2) is 29.2 Å². The number of halogens is 1. The van der Waals surface area contributed by atoms with Gasteiger partial charge >= 0.3 is 0 Å². The first-order chi connectivity index (χ1) is 9.38. The van der Waals surface area contributed by atoms with E-state index in [4.69, 9.17) is 23.8 Å². The highest BCUT2D eigenvalue weighted by atomic mass is 35.5. The highest BCUT2D eigenvalue weighted by Gasteiger charge is 2.22. The highest BCUT2D eigenvalue weighted by molar-refractivity contribution is 7.91. The van der Waals surface area contributed by atoms with Crippen LogP contribution in [0.4, 0.5) is 0 Å². The van der Waals surface area contributed by atoms with Gasteiger partial charge in [0.2, 0.25) is 0 Å². The first-order valence-corrected chi connectivity index (χ1v) is 8.73. The fourth-order valence-electron chi connectivity index (χ4n) is 2.06. The molecule has 0 aliphatic carbocycles. The lowest BCUT2D eigenvalue weighted by molar-refractivity contribution is 0.280. The number of hydrogen-bond acceptors (Lipinski definition) is 3. The molecule has 1 fully saturated rings. The number of rotatable bonds is 2. The summed E-state index contributed by atoms with van der Waals surface area (Å²) >= 11 is 10.9. The van der Waals surface area contributed by atoms with Gasteiger partial charge in [0.25, 0.3) is 10.0 Å². The van der Waals surface area contributed by atoms with E-state index in [0.29, 0.717) is 10.9 Å². The Morgan fingerprint density at radius 2 is 1.85 bits per heavy atom. The minimum Gasteiger partial charge on any atom is -0.348 e. The van der Waals surface area contributed by atoms with Gasteiger partial charge in [-0.3, -0.25) is 4.72 Å². The molecule has 1 N–H and O–H groups in total. The van der Waals surface area contributed by atoms with Crippen molar-refractivity contribution in [3.05, 3.63) is 29.3 Å². The van der Waals surface area contributed by atoms with E-state index in [2.05, 4.69) is 11.6 Å². The largest absolute Gasteiger partial charge is 0.348 e. The van der Waals surface area contributed by atoms with Crippen LogP contribution in [0.1, 0.15) is 19.8 Å². The molecule has 1 heterocycles. The van der Waals surface area contributed by atoms with E-state index in [0.717, 1.165) is 25.9 Å². The van der Waals surface area contributed by atoms with Crippen LogP contribution in [0.2, 0.25) is 5.02 Å². The molecule has 20 heavy (non-hydrogen) atoms. The third-order valence-corrected chi connectivity index (χ3v) is 5.51. The SMILES string of the molecule is CC1CCN(C(=S)NS(=O)(=O)c2ccc(Cl)cc2)CC1. The minimum atomic E-state index is -3.63. The number of nitrogens with zero attached hydrogens (tertiary/aromatic N) is 1. The number of thiocarbonyl (C=S) groups is 1. The Balaban J connectivity index is 2.04. The molecular weight excluding hydrogens is 316 g/mol. The lowest BCUT2D eigenvalue weighted by atomic mass is 10.00. The van der Waals surface area contributed by atoms with Crippen molar-refractivity contribution in [2.75, 3.05) is 13.1 Å². The summed E-state index contributed by atoms with van der Waals surface area (Å²) in [6.07, 6.45) is 2.06. The fourth-order valence-corrected chi connectivity index (χ4v) is 3.67. The fraction of sp³-hybridized carbons (Fsp3) is 0.462. The molecule has 4 nitrogen and oxygen atoms in total. The standard InChI is InChI=1S/C13H17ClN2O2S2/c1-10-6-8-16(9-7-10)13(19)15-20(17,18)12-4-2-11(14)3-5-12/h2-5,10H,6-9H2,1H3,(H,15,19). The Hall–Kier alpha value is -0.850. The van der Waals surface area contributed by atoms with Gasteiger partial charge in [0, 0.05) is 18.1 Å². The summed E-state index contributed by atoms with van der Waals surface area (Å²) in [7, 11) is -3.63. The smallest absolute Gasteiger partial charge is 0.263 e. The quantitative estimate of drug-likeness (QED) is 0.846. The minimum absolute atomic E-state index is 0.162. The maximum absolute atomic E-state index is 12.2. The zero-order valence-electron chi connectivity index (χ0n) is 11.2. The first-order valence-electron chi connectivity index (χ1n) is 6.46. The third-order valence-electron chi connectivity index (χ3n) is 3.42. The summed E-state index contributed by atoms with van der Waals surface area (Å²) in [5.74, 6) is 0.668. The molecule has 1 saturated heterocycles. The second-order valence-electron chi connectivity index (χ2n) is 5.03. The van der Waals surface area contributed by atoms with Crippen molar-refractivity contribution in [3.63, 3.8) is 0 Å². The Morgan fingerprint density at radius 1 is 1.30 bits per heavy atom. The second-order valence-corrected chi connectivity index (χ2v) is 7.54. The van der Waals surface area contributed by atoms with E-state index in [9.17, 15) is 8.42 Å². The molecule has 0 bridgehead atoms. The number of hydrogen-bond donors (Lipinski definition) is 1. The average molecular weight is 333 g/mol. The molecule has 1 aliphatic heterocycles. The van der Waals surface area contributed by atoms with E-state index in [1.54, 1.807) is 12.1 Å². The molecule has 1 aromatic carbocycles. The van der Waals surface area contributed by atoms with Gasteiger partial charge in [0.15, 0.2) is 5.11 Å². The van der Waals surface area contributed by atoms with Crippen LogP contribution in [0.25, 0.3) is 0 Å². The third kappa shape index (κ3) is 3.84. The molecular formula is C13H17ClN2O2S2. The van der Waals surface area contributed by atoms with Gasteiger partial charge in [0.05, 0.1) is 4.90 Å². The molecule has 7 heteroatoms. The molecule has 0 spiro atoms. The summed E-state index contributed by atoms with van der Waals surface area (Å²) in [5.41, 5.74) is 0. The van der Waals surface area contributed by atoms with Crippen molar-refractivity contribution in [1.29, 1.82) is 0 Å². The molecule has 1 aromatic rings. The van der Waals surface area contributed by atoms with Crippen LogP contribution in [-0.4, -0.2) is 31.5 Å². The van der Waals surface area contributed by atoms with E-state index in [-0.39, 0.29) is 10.0 Å². The zero-order chi connectivity index (χ0) is 14.8. The van der Waals surface area contributed by atoms with Crippen molar-refractivity contribution in [1.82, 2.24) is 9.62 Å². The Kier molecular flexibility index (Phi) is 4.88. The van der Waals surface area contributed by atoms with Crippen molar-refractivity contribution < 1.29 is 8.42 Å². The van der Waals surface area contributed by atoms with Crippen LogP contribution < -0.4 is 4.72 Å². The average Bonchev–Trinajstić information content (AvgIpc) is 2.39. The molecule has 0 radical (unpaired) electrons. The number of benzene rings is 1. The van der Waals surface area contributed by atoms with Gasteiger partial charge in [-0.25, -0.2) is 8.42 Å². The Bertz CT molecular complexity index is 579. The summed E-state index contributed by atoms with van der Waals surface area (Å²) in [5, 5.41) is 0.767. The van der Waals surface area contributed by atoms with Gasteiger partial charge in [-0.05, 0) is 55.2 Å².